The molecule has 0 spiro atoms. The van der Waals surface area contributed by atoms with Crippen molar-refractivity contribution < 1.29 is 4.74 Å². The topological polar surface area (TPSA) is 24.5 Å². The molecule has 3 heteroatoms. The van der Waals surface area contributed by atoms with Gasteiger partial charge in [0, 0.05) is 33.4 Å². The van der Waals surface area contributed by atoms with Gasteiger partial charge >= 0.3 is 0 Å². The lowest BCUT2D eigenvalue weighted by molar-refractivity contribution is 0.160. The quantitative estimate of drug-likeness (QED) is 0.557. The summed E-state index contributed by atoms with van der Waals surface area (Å²) in [6.45, 7) is 5.24. The lowest BCUT2D eigenvalue weighted by Crippen LogP contribution is -2.25. The van der Waals surface area contributed by atoms with Gasteiger partial charge in [0.15, 0.2) is 0 Å². The van der Waals surface area contributed by atoms with E-state index in [1.165, 1.54) is 6.54 Å². The van der Waals surface area contributed by atoms with Crippen molar-refractivity contribution in [2.45, 2.75) is 0 Å². The molecule has 0 aromatic rings. The Morgan fingerprint density at radius 3 is 3.11 bits per heavy atom. The highest BCUT2D eigenvalue weighted by molar-refractivity contribution is 4.64. The third kappa shape index (κ3) is 2.30. The molecule has 1 saturated heterocycles. The van der Waals surface area contributed by atoms with Gasteiger partial charge in [-0.1, -0.05) is 0 Å². The second kappa shape index (κ2) is 3.82. The second-order valence-corrected chi connectivity index (χ2v) is 2.27. The predicted molar refractivity (Wildman–Crippen MR) is 36.3 cm³/mol. The van der Waals surface area contributed by atoms with Gasteiger partial charge in [-0.25, -0.2) is 0 Å². The minimum Gasteiger partial charge on any atom is -0.383 e. The summed E-state index contributed by atoms with van der Waals surface area (Å²) in [6, 6.07) is 0. The summed E-state index contributed by atoms with van der Waals surface area (Å²) < 4.78 is 4.93. The minimum absolute atomic E-state index is 0.849. The minimum atomic E-state index is 0.849. The summed E-state index contributed by atoms with van der Waals surface area (Å²) in [5.41, 5.74) is 0. The van der Waals surface area contributed by atoms with Crippen LogP contribution in [-0.4, -0.2) is 44.9 Å². The monoisotopic (exact) mass is 130 g/mol. The van der Waals surface area contributed by atoms with Crippen molar-refractivity contribution in [3.05, 3.63) is 0 Å². The van der Waals surface area contributed by atoms with Crippen LogP contribution in [0.5, 0.6) is 0 Å². The zero-order valence-electron chi connectivity index (χ0n) is 5.89. The first-order valence-corrected chi connectivity index (χ1v) is 3.35. The summed E-state index contributed by atoms with van der Waals surface area (Å²) in [7, 11) is 1.74. The molecule has 0 aromatic carbocycles. The Hall–Kier alpha value is -0.120. The predicted octanol–water partition coefficient (Wildman–Crippen LogP) is -0.504. The molecule has 54 valence electrons. The van der Waals surface area contributed by atoms with Crippen molar-refractivity contribution in [1.82, 2.24) is 10.2 Å². The maximum Gasteiger partial charge on any atom is 0.0590 e. The van der Waals surface area contributed by atoms with Crippen molar-refractivity contribution in [3.63, 3.8) is 0 Å². The molecule has 1 rings (SSSR count). The van der Waals surface area contributed by atoms with E-state index in [4.69, 9.17) is 4.74 Å². The van der Waals surface area contributed by atoms with Crippen molar-refractivity contribution in [1.29, 1.82) is 0 Å². The first kappa shape index (κ1) is 6.99. The highest BCUT2D eigenvalue weighted by atomic mass is 16.5. The van der Waals surface area contributed by atoms with E-state index in [0.717, 1.165) is 26.4 Å². The molecule has 0 atom stereocenters. The second-order valence-electron chi connectivity index (χ2n) is 2.27. The molecular weight excluding hydrogens is 116 g/mol. The molecule has 0 radical (unpaired) electrons. The first-order chi connectivity index (χ1) is 4.43. The number of nitrogens with zero attached hydrogens (tertiary/aromatic N) is 1. The maximum absolute atomic E-state index is 4.93. The van der Waals surface area contributed by atoms with Crippen LogP contribution in [0.2, 0.25) is 0 Å². The molecule has 0 amide bonds. The first-order valence-electron chi connectivity index (χ1n) is 3.35. The summed E-state index contributed by atoms with van der Waals surface area (Å²) in [6.07, 6.45) is 0. The van der Waals surface area contributed by atoms with Gasteiger partial charge in [0.1, 0.15) is 0 Å². The smallest absolute Gasteiger partial charge is 0.0590 e. The van der Waals surface area contributed by atoms with Crippen molar-refractivity contribution >= 4 is 0 Å². The third-order valence-electron chi connectivity index (χ3n) is 1.55. The standard InChI is InChI=1S/C6H14N2O/c1-9-5-4-8-3-2-7-6-8/h7H,2-6H2,1H3. The average Bonchev–Trinajstić information content (AvgIpc) is 2.34. The molecule has 1 heterocycles. The van der Waals surface area contributed by atoms with Crippen LogP contribution < -0.4 is 5.32 Å². The fourth-order valence-corrected chi connectivity index (χ4v) is 0.965. The van der Waals surface area contributed by atoms with Crippen LogP contribution >= 0.6 is 0 Å². The fraction of sp³-hybridized carbons (Fsp3) is 1.00. The Morgan fingerprint density at radius 2 is 2.56 bits per heavy atom. The van der Waals surface area contributed by atoms with E-state index >= 15 is 0 Å². The van der Waals surface area contributed by atoms with Gasteiger partial charge in [0.25, 0.3) is 0 Å². The molecule has 0 aromatic heterocycles. The summed E-state index contributed by atoms with van der Waals surface area (Å²) in [5.74, 6) is 0. The van der Waals surface area contributed by atoms with Crippen molar-refractivity contribution in [3.8, 4) is 0 Å². The van der Waals surface area contributed by atoms with Crippen LogP contribution in [0.25, 0.3) is 0 Å². The fourth-order valence-electron chi connectivity index (χ4n) is 0.965. The summed E-state index contributed by atoms with van der Waals surface area (Å²) in [4.78, 5) is 2.34. The van der Waals surface area contributed by atoms with Crippen LogP contribution in [-0.2, 0) is 4.74 Å². The van der Waals surface area contributed by atoms with Gasteiger partial charge in [-0.15, -0.1) is 0 Å². The highest BCUT2D eigenvalue weighted by Crippen LogP contribution is 1.90. The molecule has 0 saturated carbocycles. The Morgan fingerprint density at radius 1 is 1.67 bits per heavy atom. The zero-order chi connectivity index (χ0) is 6.53. The van der Waals surface area contributed by atoms with E-state index in [-0.39, 0.29) is 0 Å². The molecule has 9 heavy (non-hydrogen) atoms. The van der Waals surface area contributed by atoms with Gasteiger partial charge in [0.2, 0.25) is 0 Å². The van der Waals surface area contributed by atoms with Crippen molar-refractivity contribution in [2.24, 2.45) is 0 Å². The van der Waals surface area contributed by atoms with Crippen LogP contribution in [0.1, 0.15) is 0 Å². The number of nitrogens with one attached hydrogen (secondary N) is 1. The van der Waals surface area contributed by atoms with Gasteiger partial charge in [-0.2, -0.15) is 0 Å². The van der Waals surface area contributed by atoms with Crippen LogP contribution in [0, 0.1) is 0 Å². The molecule has 1 N–H and O–H groups in total. The van der Waals surface area contributed by atoms with E-state index in [1.807, 2.05) is 0 Å². The summed E-state index contributed by atoms with van der Waals surface area (Å²) in [5, 5.41) is 3.25. The Labute approximate surface area is 56.0 Å². The molecule has 0 aliphatic carbocycles. The lowest BCUT2D eigenvalue weighted by Gasteiger charge is -2.11. The SMILES string of the molecule is COCCN1CCNC1. The average molecular weight is 130 g/mol. The Balaban J connectivity index is 1.98. The lowest BCUT2D eigenvalue weighted by atomic mass is 10.5. The molecule has 1 aliphatic rings. The van der Waals surface area contributed by atoms with Gasteiger partial charge in [0.05, 0.1) is 6.61 Å². The Bertz CT molecular complexity index is 71.5. The van der Waals surface area contributed by atoms with Gasteiger partial charge < -0.3 is 10.1 Å². The molecule has 1 aliphatic heterocycles. The highest BCUT2D eigenvalue weighted by Gasteiger charge is 2.08. The number of hydrogen-bond acceptors (Lipinski definition) is 3. The molecule has 1 fully saturated rings. The molecular formula is C6H14N2O. The summed E-state index contributed by atoms with van der Waals surface area (Å²) >= 11 is 0. The normalized spacial score (nSPS) is 21.0. The molecule has 3 nitrogen and oxygen atoms in total. The van der Waals surface area contributed by atoms with E-state index in [9.17, 15) is 0 Å². The van der Waals surface area contributed by atoms with Crippen molar-refractivity contribution in [2.75, 3.05) is 40.0 Å². The largest absolute Gasteiger partial charge is 0.383 e. The van der Waals surface area contributed by atoms with Gasteiger partial charge in [-0.3, -0.25) is 4.90 Å². The van der Waals surface area contributed by atoms with Crippen LogP contribution in [0.4, 0.5) is 0 Å². The zero-order valence-corrected chi connectivity index (χ0v) is 5.89. The third-order valence-corrected chi connectivity index (χ3v) is 1.55. The van der Waals surface area contributed by atoms with E-state index in [0.29, 0.717) is 0 Å². The van der Waals surface area contributed by atoms with Gasteiger partial charge in [-0.05, 0) is 0 Å². The number of methoxy groups -OCH3 is 1. The number of ether oxygens (including phenoxy) is 1. The van der Waals surface area contributed by atoms with Crippen LogP contribution in [0.15, 0.2) is 0 Å². The van der Waals surface area contributed by atoms with E-state index < -0.39 is 0 Å². The van der Waals surface area contributed by atoms with Crippen LogP contribution in [0.3, 0.4) is 0 Å². The Kier molecular flexibility index (Phi) is 2.97. The molecule has 0 bridgehead atoms. The number of hydrogen-bond donors (Lipinski definition) is 1. The molecule has 0 unspecified atom stereocenters. The van der Waals surface area contributed by atoms with E-state index in [1.54, 1.807) is 7.11 Å². The number of rotatable bonds is 3. The van der Waals surface area contributed by atoms with E-state index in [2.05, 4.69) is 10.2 Å². The maximum atomic E-state index is 4.93.